The second-order valence-corrected chi connectivity index (χ2v) is 4.88. The van der Waals surface area contributed by atoms with Crippen molar-refractivity contribution in [2.45, 2.75) is 13.3 Å². The number of amides is 1. The Hall–Kier alpha value is -2.76. The molecule has 0 aromatic heterocycles. The first kappa shape index (κ1) is 17.6. The van der Waals surface area contributed by atoms with Crippen LogP contribution in [0.5, 0.6) is 11.5 Å². The van der Waals surface area contributed by atoms with Gasteiger partial charge in [-0.2, -0.15) is 0 Å². The van der Waals surface area contributed by atoms with Crippen LogP contribution >= 0.6 is 0 Å². The van der Waals surface area contributed by atoms with Gasteiger partial charge in [0.25, 0.3) is 0 Å². The highest BCUT2D eigenvalue weighted by Crippen LogP contribution is 2.18. The van der Waals surface area contributed by atoms with Gasteiger partial charge in [-0.25, -0.2) is 9.18 Å². The number of carbonyl (C=O) groups excluding carboxylic acids is 1. The van der Waals surface area contributed by atoms with Crippen LogP contribution in [-0.4, -0.2) is 25.9 Å². The average Bonchev–Trinajstić information content (AvgIpc) is 2.57. The molecule has 0 unspecified atom stereocenters. The van der Waals surface area contributed by atoms with Crippen LogP contribution in [0.25, 0.3) is 0 Å². The van der Waals surface area contributed by atoms with E-state index in [0.717, 1.165) is 0 Å². The Labute approximate surface area is 140 Å². The number of anilines is 1. The molecule has 0 bridgehead atoms. The van der Waals surface area contributed by atoms with Gasteiger partial charge in [-0.1, -0.05) is 6.07 Å². The van der Waals surface area contributed by atoms with E-state index in [9.17, 15) is 9.18 Å². The quantitative estimate of drug-likeness (QED) is 0.734. The Morgan fingerprint density at radius 1 is 1.04 bits per heavy atom. The molecule has 2 rings (SSSR count). The Kier molecular flexibility index (Phi) is 6.89. The van der Waals surface area contributed by atoms with E-state index in [0.29, 0.717) is 43.4 Å². The lowest BCUT2D eigenvalue weighted by Crippen LogP contribution is -2.13. The highest BCUT2D eigenvalue weighted by molar-refractivity contribution is 5.84. The van der Waals surface area contributed by atoms with Crippen molar-refractivity contribution in [2.24, 2.45) is 0 Å². The molecule has 24 heavy (non-hydrogen) atoms. The van der Waals surface area contributed by atoms with Crippen molar-refractivity contribution in [3.05, 3.63) is 54.3 Å². The molecule has 0 saturated carbocycles. The zero-order valence-corrected chi connectivity index (χ0v) is 13.5. The lowest BCUT2D eigenvalue weighted by molar-refractivity contribution is 0.168. The van der Waals surface area contributed by atoms with Crippen LogP contribution in [0, 0.1) is 5.82 Å². The molecule has 0 saturated heterocycles. The first-order valence-corrected chi connectivity index (χ1v) is 7.72. The SMILES string of the molecule is CCOC(=O)Nc1cccc(OCCCOc2ccc(F)cc2)c1. The van der Waals surface area contributed by atoms with E-state index < -0.39 is 6.09 Å². The molecular weight excluding hydrogens is 313 g/mol. The summed E-state index contributed by atoms with van der Waals surface area (Å²) in [7, 11) is 0. The summed E-state index contributed by atoms with van der Waals surface area (Å²) in [6, 6.07) is 12.9. The van der Waals surface area contributed by atoms with Crippen LogP contribution in [0.1, 0.15) is 13.3 Å². The molecule has 128 valence electrons. The minimum absolute atomic E-state index is 0.290. The summed E-state index contributed by atoms with van der Waals surface area (Å²) in [6.45, 7) is 2.99. The van der Waals surface area contributed by atoms with Crippen LogP contribution in [-0.2, 0) is 4.74 Å². The van der Waals surface area contributed by atoms with Crippen molar-refractivity contribution < 1.29 is 23.4 Å². The molecule has 0 aliphatic carbocycles. The Morgan fingerprint density at radius 2 is 1.75 bits per heavy atom. The van der Waals surface area contributed by atoms with Gasteiger partial charge in [0.1, 0.15) is 17.3 Å². The smallest absolute Gasteiger partial charge is 0.411 e. The van der Waals surface area contributed by atoms with Gasteiger partial charge in [0.2, 0.25) is 0 Å². The van der Waals surface area contributed by atoms with Gasteiger partial charge in [0.15, 0.2) is 0 Å². The fourth-order valence-electron chi connectivity index (χ4n) is 1.92. The first-order valence-electron chi connectivity index (χ1n) is 7.72. The minimum Gasteiger partial charge on any atom is -0.493 e. The third-order valence-corrected chi connectivity index (χ3v) is 3.00. The largest absolute Gasteiger partial charge is 0.493 e. The maximum atomic E-state index is 12.8. The fourth-order valence-corrected chi connectivity index (χ4v) is 1.92. The number of rotatable bonds is 8. The topological polar surface area (TPSA) is 56.8 Å². The minimum atomic E-state index is -0.498. The number of benzene rings is 2. The molecule has 0 aliphatic rings. The van der Waals surface area contributed by atoms with Crippen molar-refractivity contribution in [3.63, 3.8) is 0 Å². The molecule has 0 radical (unpaired) electrons. The molecule has 1 amide bonds. The maximum Gasteiger partial charge on any atom is 0.411 e. The predicted octanol–water partition coefficient (Wildman–Crippen LogP) is 4.24. The van der Waals surface area contributed by atoms with Crippen molar-refractivity contribution in [3.8, 4) is 11.5 Å². The lowest BCUT2D eigenvalue weighted by Gasteiger charge is -2.10. The van der Waals surface area contributed by atoms with E-state index in [1.165, 1.54) is 12.1 Å². The summed E-state index contributed by atoms with van der Waals surface area (Å²) in [4.78, 5) is 11.4. The Balaban J connectivity index is 1.70. The van der Waals surface area contributed by atoms with Crippen molar-refractivity contribution in [1.29, 1.82) is 0 Å². The summed E-state index contributed by atoms with van der Waals surface area (Å²) < 4.78 is 28.7. The third kappa shape index (κ3) is 6.16. The van der Waals surface area contributed by atoms with Gasteiger partial charge in [-0.3, -0.25) is 5.32 Å². The highest BCUT2D eigenvalue weighted by Gasteiger charge is 2.03. The zero-order chi connectivity index (χ0) is 17.2. The molecule has 6 heteroatoms. The molecule has 5 nitrogen and oxygen atoms in total. The molecule has 0 spiro atoms. The molecule has 0 heterocycles. The van der Waals surface area contributed by atoms with E-state index in [-0.39, 0.29) is 5.82 Å². The summed E-state index contributed by atoms with van der Waals surface area (Å²) >= 11 is 0. The van der Waals surface area contributed by atoms with Crippen molar-refractivity contribution >= 4 is 11.8 Å². The number of ether oxygens (including phenoxy) is 3. The molecular formula is C18H20FNO4. The number of hydrogen-bond donors (Lipinski definition) is 1. The van der Waals surface area contributed by atoms with Crippen LogP contribution in [0.2, 0.25) is 0 Å². The van der Waals surface area contributed by atoms with Crippen molar-refractivity contribution in [2.75, 3.05) is 25.1 Å². The van der Waals surface area contributed by atoms with Gasteiger partial charge in [-0.05, 0) is 43.3 Å². The highest BCUT2D eigenvalue weighted by atomic mass is 19.1. The van der Waals surface area contributed by atoms with E-state index in [2.05, 4.69) is 5.32 Å². The molecule has 1 N–H and O–H groups in total. The number of hydrogen-bond acceptors (Lipinski definition) is 4. The Bertz CT molecular complexity index is 646. The summed E-state index contributed by atoms with van der Waals surface area (Å²) in [6.07, 6.45) is 0.176. The van der Waals surface area contributed by atoms with Crippen LogP contribution < -0.4 is 14.8 Å². The van der Waals surface area contributed by atoms with Crippen molar-refractivity contribution in [1.82, 2.24) is 0 Å². The summed E-state index contributed by atoms with van der Waals surface area (Å²) in [5, 5.41) is 2.61. The zero-order valence-electron chi connectivity index (χ0n) is 13.5. The standard InChI is InChI=1S/C18H20FNO4/c1-2-22-18(21)20-15-5-3-6-17(13-15)24-12-4-11-23-16-9-7-14(19)8-10-16/h3,5-10,13H,2,4,11-12H2,1H3,(H,20,21). The van der Waals surface area contributed by atoms with E-state index in [1.54, 1.807) is 43.3 Å². The first-order chi connectivity index (χ1) is 11.7. The molecule has 2 aromatic carbocycles. The number of nitrogens with one attached hydrogen (secondary N) is 1. The maximum absolute atomic E-state index is 12.8. The van der Waals surface area contributed by atoms with Gasteiger partial charge in [-0.15, -0.1) is 0 Å². The molecule has 0 atom stereocenters. The summed E-state index contributed by atoms with van der Waals surface area (Å²) in [5.41, 5.74) is 0.605. The predicted molar refractivity (Wildman–Crippen MR) is 89.1 cm³/mol. The fraction of sp³-hybridized carbons (Fsp3) is 0.278. The number of halogens is 1. The van der Waals surface area contributed by atoms with Crippen LogP contribution in [0.15, 0.2) is 48.5 Å². The van der Waals surface area contributed by atoms with E-state index in [4.69, 9.17) is 14.2 Å². The molecule has 0 aliphatic heterocycles. The average molecular weight is 333 g/mol. The van der Waals surface area contributed by atoms with E-state index in [1.807, 2.05) is 0 Å². The Morgan fingerprint density at radius 3 is 2.46 bits per heavy atom. The van der Waals surface area contributed by atoms with Gasteiger partial charge in [0.05, 0.1) is 19.8 Å². The number of carbonyl (C=O) groups is 1. The lowest BCUT2D eigenvalue weighted by atomic mass is 10.3. The molecule has 2 aromatic rings. The summed E-state index contributed by atoms with van der Waals surface area (Å²) in [5.74, 6) is 0.977. The second kappa shape index (κ2) is 9.39. The molecule has 0 fully saturated rings. The van der Waals surface area contributed by atoms with Gasteiger partial charge in [0, 0.05) is 18.2 Å². The van der Waals surface area contributed by atoms with Crippen LogP contribution in [0.3, 0.4) is 0 Å². The second-order valence-electron chi connectivity index (χ2n) is 4.88. The monoisotopic (exact) mass is 333 g/mol. The van der Waals surface area contributed by atoms with Gasteiger partial charge < -0.3 is 14.2 Å². The van der Waals surface area contributed by atoms with Gasteiger partial charge >= 0.3 is 6.09 Å². The third-order valence-electron chi connectivity index (χ3n) is 3.00. The van der Waals surface area contributed by atoms with E-state index >= 15 is 0 Å². The van der Waals surface area contributed by atoms with Crippen LogP contribution in [0.4, 0.5) is 14.9 Å². The normalized spacial score (nSPS) is 10.1.